The highest BCUT2D eigenvalue weighted by Gasteiger charge is 2.29. The third kappa shape index (κ3) is 3.80. The van der Waals surface area contributed by atoms with Gasteiger partial charge in [0, 0.05) is 19.7 Å². The van der Waals surface area contributed by atoms with Gasteiger partial charge in [-0.25, -0.2) is 4.98 Å². The third-order valence-electron chi connectivity index (χ3n) is 3.07. The fourth-order valence-corrected chi connectivity index (χ4v) is 1.43. The van der Waals surface area contributed by atoms with Crippen molar-refractivity contribution in [1.82, 2.24) is 9.88 Å². The Kier molecular flexibility index (Phi) is 5.68. The second kappa shape index (κ2) is 7.04. The standard InChI is InChI=1S/C15H20N2O3/c1-15(2,11-19)17(3)14(20)13-12(7-4-5-10-18)8-6-9-16-13/h6,8-9,18-19H,5,10-11H2,1-3H3. The number of hydrogen-bond acceptors (Lipinski definition) is 4. The van der Waals surface area contributed by atoms with E-state index in [1.165, 1.54) is 11.1 Å². The Labute approximate surface area is 119 Å². The molecule has 0 bridgehead atoms. The van der Waals surface area contributed by atoms with Crippen molar-refractivity contribution in [2.45, 2.75) is 25.8 Å². The summed E-state index contributed by atoms with van der Waals surface area (Å²) in [5.41, 5.74) is 0.0956. The Morgan fingerprint density at radius 3 is 2.75 bits per heavy atom. The van der Waals surface area contributed by atoms with Gasteiger partial charge >= 0.3 is 0 Å². The maximum Gasteiger partial charge on any atom is 0.274 e. The Hall–Kier alpha value is -1.90. The molecule has 0 fully saturated rings. The van der Waals surface area contributed by atoms with E-state index in [-0.39, 0.29) is 24.8 Å². The summed E-state index contributed by atoms with van der Waals surface area (Å²) >= 11 is 0. The lowest BCUT2D eigenvalue weighted by molar-refractivity contribution is 0.0467. The van der Waals surface area contributed by atoms with Crippen molar-refractivity contribution in [1.29, 1.82) is 0 Å². The lowest BCUT2D eigenvalue weighted by Crippen LogP contribution is -2.48. The van der Waals surface area contributed by atoms with E-state index in [0.717, 1.165) is 0 Å². The van der Waals surface area contributed by atoms with Crippen LogP contribution in [0.1, 0.15) is 36.3 Å². The van der Waals surface area contributed by atoms with Gasteiger partial charge in [-0.1, -0.05) is 11.8 Å². The predicted octanol–water partition coefficient (Wildman–Crippen LogP) is 0.658. The number of aromatic nitrogens is 1. The number of aliphatic hydroxyl groups is 2. The number of rotatable bonds is 4. The molecule has 0 aliphatic carbocycles. The average molecular weight is 276 g/mol. The Bertz CT molecular complexity index is 529. The molecular weight excluding hydrogens is 256 g/mol. The summed E-state index contributed by atoms with van der Waals surface area (Å²) in [6.45, 7) is 3.37. The highest BCUT2D eigenvalue weighted by molar-refractivity contribution is 5.95. The molecule has 5 nitrogen and oxygen atoms in total. The molecule has 1 amide bonds. The zero-order valence-corrected chi connectivity index (χ0v) is 12.1. The first-order valence-electron chi connectivity index (χ1n) is 6.38. The Balaban J connectivity index is 3.08. The molecular formula is C15H20N2O3. The first kappa shape index (κ1) is 16.2. The number of aliphatic hydroxyl groups excluding tert-OH is 2. The van der Waals surface area contributed by atoms with Crippen LogP contribution in [0.4, 0.5) is 0 Å². The lowest BCUT2D eigenvalue weighted by atomic mass is 10.0. The minimum atomic E-state index is -0.676. The van der Waals surface area contributed by atoms with Crippen molar-refractivity contribution in [3.05, 3.63) is 29.6 Å². The van der Waals surface area contributed by atoms with Gasteiger partial charge in [0.05, 0.1) is 24.3 Å². The van der Waals surface area contributed by atoms with Crippen LogP contribution >= 0.6 is 0 Å². The third-order valence-corrected chi connectivity index (χ3v) is 3.07. The zero-order chi connectivity index (χ0) is 15.2. The van der Waals surface area contributed by atoms with Crippen LogP contribution in [0.3, 0.4) is 0 Å². The molecule has 108 valence electrons. The van der Waals surface area contributed by atoms with Gasteiger partial charge in [0.15, 0.2) is 0 Å². The van der Waals surface area contributed by atoms with Crippen molar-refractivity contribution < 1.29 is 15.0 Å². The van der Waals surface area contributed by atoms with E-state index >= 15 is 0 Å². The van der Waals surface area contributed by atoms with Crippen LogP contribution in [0, 0.1) is 11.8 Å². The fourth-order valence-electron chi connectivity index (χ4n) is 1.43. The van der Waals surface area contributed by atoms with Gasteiger partial charge in [0.2, 0.25) is 0 Å². The summed E-state index contributed by atoms with van der Waals surface area (Å²) < 4.78 is 0. The largest absolute Gasteiger partial charge is 0.395 e. The van der Waals surface area contributed by atoms with Crippen molar-refractivity contribution in [2.75, 3.05) is 20.3 Å². The van der Waals surface area contributed by atoms with Gasteiger partial charge in [-0.2, -0.15) is 0 Å². The predicted molar refractivity (Wildman–Crippen MR) is 76.1 cm³/mol. The molecule has 1 rings (SSSR count). The van der Waals surface area contributed by atoms with Crippen LogP contribution in [0.2, 0.25) is 0 Å². The topological polar surface area (TPSA) is 73.7 Å². The quantitative estimate of drug-likeness (QED) is 0.792. The fraction of sp³-hybridized carbons (Fsp3) is 0.467. The molecule has 1 aromatic rings. The van der Waals surface area contributed by atoms with Gasteiger partial charge in [0.1, 0.15) is 5.69 Å². The number of carbonyl (C=O) groups is 1. The molecule has 1 heterocycles. The Morgan fingerprint density at radius 1 is 1.45 bits per heavy atom. The van der Waals surface area contributed by atoms with E-state index < -0.39 is 5.54 Å². The lowest BCUT2D eigenvalue weighted by Gasteiger charge is -2.33. The van der Waals surface area contributed by atoms with Crippen LogP contribution in [0.15, 0.2) is 18.3 Å². The molecule has 1 aromatic heterocycles. The minimum absolute atomic E-state index is 0.0199. The maximum atomic E-state index is 12.4. The van der Waals surface area contributed by atoms with Crippen LogP contribution in [-0.4, -0.2) is 51.8 Å². The highest BCUT2D eigenvalue weighted by atomic mass is 16.3. The number of nitrogens with zero attached hydrogens (tertiary/aromatic N) is 2. The summed E-state index contributed by atoms with van der Waals surface area (Å²) in [4.78, 5) is 18.0. The van der Waals surface area contributed by atoms with Gasteiger partial charge in [0.25, 0.3) is 5.91 Å². The van der Waals surface area contributed by atoms with Gasteiger partial charge in [-0.3, -0.25) is 4.79 Å². The van der Waals surface area contributed by atoms with E-state index in [4.69, 9.17) is 5.11 Å². The highest BCUT2D eigenvalue weighted by Crippen LogP contribution is 2.16. The number of pyridine rings is 1. The summed E-state index contributed by atoms with van der Waals surface area (Å²) in [6.07, 6.45) is 1.88. The first-order chi connectivity index (χ1) is 9.44. The van der Waals surface area contributed by atoms with Crippen LogP contribution < -0.4 is 0 Å². The number of amides is 1. The summed E-state index contributed by atoms with van der Waals surface area (Å²) in [5.74, 6) is 5.32. The summed E-state index contributed by atoms with van der Waals surface area (Å²) in [5, 5.41) is 18.1. The average Bonchev–Trinajstić information content (AvgIpc) is 2.46. The van der Waals surface area contributed by atoms with Crippen molar-refractivity contribution >= 4 is 5.91 Å². The van der Waals surface area contributed by atoms with Gasteiger partial charge < -0.3 is 15.1 Å². The molecule has 5 heteroatoms. The van der Waals surface area contributed by atoms with Crippen LogP contribution in [-0.2, 0) is 0 Å². The number of likely N-dealkylation sites (N-methyl/N-ethyl adjacent to an activating group) is 1. The van der Waals surface area contributed by atoms with E-state index in [9.17, 15) is 9.90 Å². The molecule has 20 heavy (non-hydrogen) atoms. The van der Waals surface area contributed by atoms with Crippen LogP contribution in [0.5, 0.6) is 0 Å². The molecule has 0 spiro atoms. The molecule has 0 radical (unpaired) electrons. The second-order valence-electron chi connectivity index (χ2n) is 5.01. The normalized spacial score (nSPS) is 10.7. The summed E-state index contributed by atoms with van der Waals surface area (Å²) in [7, 11) is 1.62. The van der Waals surface area contributed by atoms with E-state index in [2.05, 4.69) is 16.8 Å². The van der Waals surface area contributed by atoms with Gasteiger partial charge in [-0.15, -0.1) is 0 Å². The second-order valence-corrected chi connectivity index (χ2v) is 5.01. The van der Waals surface area contributed by atoms with Crippen molar-refractivity contribution in [2.24, 2.45) is 0 Å². The molecule has 0 atom stereocenters. The van der Waals surface area contributed by atoms with E-state index in [1.807, 2.05) is 0 Å². The van der Waals surface area contributed by atoms with Crippen molar-refractivity contribution in [3.8, 4) is 11.8 Å². The Morgan fingerprint density at radius 2 is 2.15 bits per heavy atom. The summed E-state index contributed by atoms with van der Waals surface area (Å²) in [6, 6.07) is 3.42. The van der Waals surface area contributed by atoms with Gasteiger partial charge in [-0.05, 0) is 26.0 Å². The molecule has 0 unspecified atom stereocenters. The molecule has 0 aliphatic rings. The molecule has 0 aliphatic heterocycles. The van der Waals surface area contributed by atoms with E-state index in [0.29, 0.717) is 12.0 Å². The smallest absolute Gasteiger partial charge is 0.274 e. The number of carbonyl (C=O) groups excluding carboxylic acids is 1. The molecule has 0 saturated heterocycles. The van der Waals surface area contributed by atoms with Crippen molar-refractivity contribution in [3.63, 3.8) is 0 Å². The first-order valence-corrected chi connectivity index (χ1v) is 6.38. The SMILES string of the molecule is CN(C(=O)c1ncccc1C#CCCO)C(C)(C)CO. The molecule has 2 N–H and O–H groups in total. The zero-order valence-electron chi connectivity index (χ0n) is 12.1. The van der Waals surface area contributed by atoms with Crippen LogP contribution in [0.25, 0.3) is 0 Å². The number of hydrogen-bond donors (Lipinski definition) is 2. The maximum absolute atomic E-state index is 12.4. The monoisotopic (exact) mass is 276 g/mol. The minimum Gasteiger partial charge on any atom is -0.395 e. The molecule has 0 aromatic carbocycles. The van der Waals surface area contributed by atoms with E-state index in [1.54, 1.807) is 33.0 Å². The molecule has 0 saturated carbocycles.